The highest BCUT2D eigenvalue weighted by Gasteiger charge is 2.38. The predicted octanol–water partition coefficient (Wildman–Crippen LogP) is 4.05. The highest BCUT2D eigenvalue weighted by Crippen LogP contribution is 2.49. The minimum Gasteiger partial charge on any atom is -0.0645 e. The van der Waals surface area contributed by atoms with Crippen LogP contribution in [0.5, 0.6) is 0 Å². The van der Waals surface area contributed by atoms with Gasteiger partial charge in [-0.25, -0.2) is 0 Å². The molecule has 0 saturated heterocycles. The smallest absolute Gasteiger partial charge is 0.00434 e. The zero-order valence-corrected chi connectivity index (χ0v) is 9.43. The monoisotopic (exact) mass is 187 g/mol. The predicted molar refractivity (Wildman–Crippen MR) is 60.6 cm³/mol. The molecule has 0 aliphatic heterocycles. The van der Waals surface area contributed by atoms with Crippen molar-refractivity contribution in [3.8, 4) is 0 Å². The largest absolute Gasteiger partial charge is 0.0645 e. The summed E-state index contributed by atoms with van der Waals surface area (Å²) in [5.74, 6) is 0.700. The first-order chi connectivity index (χ1) is 6.73. The van der Waals surface area contributed by atoms with Crippen LogP contribution in [0.3, 0.4) is 0 Å². The van der Waals surface area contributed by atoms with Crippen LogP contribution >= 0.6 is 0 Å². The van der Waals surface area contributed by atoms with Gasteiger partial charge in [-0.3, -0.25) is 0 Å². The second-order valence-corrected chi connectivity index (χ2v) is 4.59. The molecular formula is C14H19. The van der Waals surface area contributed by atoms with Crippen molar-refractivity contribution >= 4 is 0 Å². The van der Waals surface area contributed by atoms with Crippen LogP contribution in [0.15, 0.2) is 18.2 Å². The number of rotatable bonds is 2. The zero-order chi connectivity index (χ0) is 10.2. The van der Waals surface area contributed by atoms with Gasteiger partial charge in [0.05, 0.1) is 0 Å². The van der Waals surface area contributed by atoms with Crippen molar-refractivity contribution in [1.29, 1.82) is 0 Å². The molecule has 1 aromatic rings. The molecule has 1 aromatic carbocycles. The fourth-order valence-corrected chi connectivity index (χ4v) is 3.04. The van der Waals surface area contributed by atoms with Crippen LogP contribution in [0.25, 0.3) is 0 Å². The van der Waals surface area contributed by atoms with Crippen molar-refractivity contribution in [2.75, 3.05) is 0 Å². The quantitative estimate of drug-likeness (QED) is 0.655. The molecular weight excluding hydrogens is 168 g/mol. The third-order valence-corrected chi connectivity index (χ3v) is 4.00. The standard InChI is InChI=1S/C14H19/c1-4-14(5-2)10-11(3)12-8-6-7-9-13(12)14/h6-7,9,11H,4-5,10H2,1-3H3. The van der Waals surface area contributed by atoms with E-state index in [9.17, 15) is 0 Å². The van der Waals surface area contributed by atoms with E-state index in [-0.39, 0.29) is 0 Å². The summed E-state index contributed by atoms with van der Waals surface area (Å²) in [6.07, 6.45) is 3.84. The van der Waals surface area contributed by atoms with Crippen molar-refractivity contribution in [3.05, 3.63) is 35.4 Å². The Morgan fingerprint density at radius 1 is 1.43 bits per heavy atom. The number of fused-ring (bicyclic) bond motifs is 1. The normalized spacial score (nSPS) is 23.5. The molecule has 0 nitrogen and oxygen atoms in total. The average Bonchev–Trinajstić information content (AvgIpc) is 2.53. The van der Waals surface area contributed by atoms with Crippen molar-refractivity contribution in [2.24, 2.45) is 0 Å². The van der Waals surface area contributed by atoms with Crippen LogP contribution in [0.2, 0.25) is 0 Å². The van der Waals surface area contributed by atoms with Gasteiger partial charge in [-0.05, 0) is 47.8 Å². The molecule has 0 spiro atoms. The molecule has 0 N–H and O–H groups in total. The first kappa shape index (κ1) is 9.76. The lowest BCUT2D eigenvalue weighted by Crippen LogP contribution is -2.20. The van der Waals surface area contributed by atoms with Gasteiger partial charge in [0.2, 0.25) is 0 Å². The van der Waals surface area contributed by atoms with E-state index < -0.39 is 0 Å². The zero-order valence-electron chi connectivity index (χ0n) is 9.43. The van der Waals surface area contributed by atoms with Gasteiger partial charge >= 0.3 is 0 Å². The second kappa shape index (κ2) is 3.42. The fraction of sp³-hybridized carbons (Fsp3) is 0.571. The minimum absolute atomic E-state index is 0.451. The fourth-order valence-electron chi connectivity index (χ4n) is 3.04. The summed E-state index contributed by atoms with van der Waals surface area (Å²) in [5, 5.41) is 0. The first-order valence-electron chi connectivity index (χ1n) is 5.74. The van der Waals surface area contributed by atoms with Crippen LogP contribution in [-0.4, -0.2) is 0 Å². The van der Waals surface area contributed by atoms with Gasteiger partial charge in [0, 0.05) is 0 Å². The summed E-state index contributed by atoms with van der Waals surface area (Å²) >= 11 is 0. The molecule has 0 fully saturated rings. The average molecular weight is 187 g/mol. The Balaban J connectivity index is 2.52. The van der Waals surface area contributed by atoms with Gasteiger partial charge in [-0.1, -0.05) is 39.0 Å². The van der Waals surface area contributed by atoms with Gasteiger partial charge in [-0.2, -0.15) is 0 Å². The lowest BCUT2D eigenvalue weighted by Gasteiger charge is -2.27. The summed E-state index contributed by atoms with van der Waals surface area (Å²) in [6, 6.07) is 9.92. The van der Waals surface area contributed by atoms with Gasteiger partial charge in [0.1, 0.15) is 0 Å². The maximum atomic E-state index is 3.42. The highest BCUT2D eigenvalue weighted by atomic mass is 14.4. The molecule has 1 atom stereocenters. The van der Waals surface area contributed by atoms with Crippen molar-refractivity contribution in [2.45, 2.75) is 51.4 Å². The number of hydrogen-bond acceptors (Lipinski definition) is 0. The summed E-state index contributed by atoms with van der Waals surface area (Å²) in [5.41, 5.74) is 3.49. The van der Waals surface area contributed by atoms with Crippen molar-refractivity contribution in [3.63, 3.8) is 0 Å². The van der Waals surface area contributed by atoms with Crippen LogP contribution < -0.4 is 0 Å². The molecule has 0 heterocycles. The van der Waals surface area contributed by atoms with E-state index in [1.165, 1.54) is 24.8 Å². The van der Waals surface area contributed by atoms with E-state index in [1.54, 1.807) is 5.56 Å². The second-order valence-electron chi connectivity index (χ2n) is 4.59. The van der Waals surface area contributed by atoms with E-state index in [0.29, 0.717) is 11.3 Å². The SMILES string of the molecule is CCC1(CC)CC(C)c2[c]cccc21. The molecule has 1 aliphatic carbocycles. The minimum atomic E-state index is 0.451. The Hall–Kier alpha value is -0.780. The summed E-state index contributed by atoms with van der Waals surface area (Å²) in [7, 11) is 0. The molecule has 0 bridgehead atoms. The van der Waals surface area contributed by atoms with Crippen molar-refractivity contribution < 1.29 is 0 Å². The Morgan fingerprint density at radius 3 is 2.79 bits per heavy atom. The molecule has 75 valence electrons. The lowest BCUT2D eigenvalue weighted by atomic mass is 9.77. The summed E-state index contributed by atoms with van der Waals surface area (Å²) < 4.78 is 0. The molecule has 0 heteroatoms. The molecule has 0 saturated carbocycles. The summed E-state index contributed by atoms with van der Waals surface area (Å²) in [4.78, 5) is 0. The molecule has 0 aromatic heterocycles. The van der Waals surface area contributed by atoms with Crippen LogP contribution in [0.1, 0.15) is 57.1 Å². The van der Waals surface area contributed by atoms with E-state index in [0.717, 1.165) is 0 Å². The van der Waals surface area contributed by atoms with E-state index in [2.05, 4.69) is 45.0 Å². The van der Waals surface area contributed by atoms with Gasteiger partial charge < -0.3 is 0 Å². The van der Waals surface area contributed by atoms with Crippen LogP contribution in [0, 0.1) is 6.07 Å². The Morgan fingerprint density at radius 2 is 2.14 bits per heavy atom. The Labute approximate surface area is 87.3 Å². The molecule has 1 unspecified atom stereocenters. The van der Waals surface area contributed by atoms with Gasteiger partial charge in [-0.15, -0.1) is 0 Å². The highest BCUT2D eigenvalue weighted by molar-refractivity contribution is 5.41. The molecule has 0 amide bonds. The van der Waals surface area contributed by atoms with E-state index in [1.807, 2.05) is 0 Å². The van der Waals surface area contributed by atoms with Crippen molar-refractivity contribution in [1.82, 2.24) is 0 Å². The van der Waals surface area contributed by atoms with Gasteiger partial charge in [0.15, 0.2) is 0 Å². The summed E-state index contributed by atoms with van der Waals surface area (Å²) in [6.45, 7) is 6.97. The van der Waals surface area contributed by atoms with Crippen LogP contribution in [0.4, 0.5) is 0 Å². The first-order valence-corrected chi connectivity index (χ1v) is 5.74. The Kier molecular flexibility index (Phi) is 2.38. The van der Waals surface area contributed by atoms with E-state index >= 15 is 0 Å². The van der Waals surface area contributed by atoms with E-state index in [4.69, 9.17) is 0 Å². The Bertz CT molecular complexity index is 321. The van der Waals surface area contributed by atoms with Gasteiger partial charge in [0.25, 0.3) is 0 Å². The topological polar surface area (TPSA) is 0 Å². The number of hydrogen-bond donors (Lipinski definition) is 0. The molecule has 2 rings (SSSR count). The van der Waals surface area contributed by atoms with Crippen LogP contribution in [-0.2, 0) is 5.41 Å². The maximum absolute atomic E-state index is 3.42. The third-order valence-electron chi connectivity index (χ3n) is 4.00. The third kappa shape index (κ3) is 1.20. The molecule has 1 radical (unpaired) electrons. The molecule has 14 heavy (non-hydrogen) atoms. The molecule has 1 aliphatic rings. The number of benzene rings is 1. The lowest BCUT2D eigenvalue weighted by molar-refractivity contribution is 0.376. The maximum Gasteiger partial charge on any atom is -0.00434 e.